The Kier molecular flexibility index (Phi) is 3.20. The summed E-state index contributed by atoms with van der Waals surface area (Å²) in [6.45, 7) is 4.30. The fraction of sp³-hybridized carbons (Fsp3) is 0.235. The van der Waals surface area contributed by atoms with Gasteiger partial charge in [0, 0.05) is 29.3 Å². The maximum atomic E-state index is 12.5. The van der Waals surface area contributed by atoms with Crippen LogP contribution < -0.4 is 4.90 Å². The van der Waals surface area contributed by atoms with Crippen LogP contribution in [0.1, 0.15) is 35.5 Å². The van der Waals surface area contributed by atoms with Gasteiger partial charge < -0.3 is 5.11 Å². The monoisotopic (exact) mass is 296 g/mol. The van der Waals surface area contributed by atoms with Gasteiger partial charge in [-0.3, -0.25) is 14.7 Å². The summed E-state index contributed by atoms with van der Waals surface area (Å²) in [5.74, 6) is -0.210. The number of aromatic nitrogens is 1. The van der Waals surface area contributed by atoms with Crippen molar-refractivity contribution in [1.29, 1.82) is 0 Å². The SMILES string of the molecule is CC1(C)CN(C(=O)O)c2cc(C(=O)c3ccccc3)ncc21. The molecule has 0 unspecified atom stereocenters. The highest BCUT2D eigenvalue weighted by Crippen LogP contribution is 2.40. The molecular weight excluding hydrogens is 280 g/mol. The van der Waals surface area contributed by atoms with Crippen molar-refractivity contribution in [1.82, 2.24) is 4.98 Å². The standard InChI is InChI=1S/C17H16N2O3/c1-17(2)10-19(16(21)22)14-8-13(18-9-12(14)17)15(20)11-6-4-3-5-7-11/h3-9H,10H2,1-2H3,(H,21,22). The van der Waals surface area contributed by atoms with Crippen molar-refractivity contribution in [2.45, 2.75) is 19.3 Å². The van der Waals surface area contributed by atoms with Gasteiger partial charge in [0.1, 0.15) is 5.69 Å². The number of benzene rings is 1. The lowest BCUT2D eigenvalue weighted by molar-refractivity contribution is 0.103. The van der Waals surface area contributed by atoms with E-state index in [0.717, 1.165) is 5.56 Å². The summed E-state index contributed by atoms with van der Waals surface area (Å²) in [6.07, 6.45) is 0.602. The van der Waals surface area contributed by atoms with Crippen molar-refractivity contribution < 1.29 is 14.7 Å². The smallest absolute Gasteiger partial charge is 0.411 e. The number of amides is 1. The molecule has 0 atom stereocenters. The molecule has 0 saturated heterocycles. The predicted molar refractivity (Wildman–Crippen MR) is 82.5 cm³/mol. The van der Waals surface area contributed by atoms with Gasteiger partial charge in [-0.2, -0.15) is 0 Å². The Morgan fingerprint density at radius 1 is 1.23 bits per heavy atom. The van der Waals surface area contributed by atoms with Gasteiger partial charge >= 0.3 is 6.09 Å². The van der Waals surface area contributed by atoms with Crippen molar-refractivity contribution in [2.75, 3.05) is 11.4 Å². The maximum absolute atomic E-state index is 12.5. The Bertz CT molecular complexity index is 754. The first-order valence-electron chi connectivity index (χ1n) is 7.01. The van der Waals surface area contributed by atoms with Crippen LogP contribution >= 0.6 is 0 Å². The van der Waals surface area contributed by atoms with Crippen LogP contribution in [0, 0.1) is 0 Å². The van der Waals surface area contributed by atoms with E-state index in [1.165, 1.54) is 4.90 Å². The Morgan fingerprint density at radius 2 is 1.91 bits per heavy atom. The Labute approximate surface area is 128 Å². The number of carbonyl (C=O) groups excluding carboxylic acids is 1. The predicted octanol–water partition coefficient (Wildman–Crippen LogP) is 3.09. The molecule has 0 spiro atoms. The first kappa shape index (κ1) is 14.3. The molecule has 0 saturated carbocycles. The molecule has 0 fully saturated rings. The van der Waals surface area contributed by atoms with E-state index >= 15 is 0 Å². The number of rotatable bonds is 2. The zero-order valence-electron chi connectivity index (χ0n) is 12.4. The number of pyridine rings is 1. The molecule has 5 nitrogen and oxygen atoms in total. The molecule has 2 heterocycles. The molecule has 112 valence electrons. The number of hydrogen-bond acceptors (Lipinski definition) is 3. The molecule has 1 aromatic heterocycles. The number of nitrogens with zero attached hydrogens (tertiary/aromatic N) is 2. The van der Waals surface area contributed by atoms with Crippen LogP contribution in [0.5, 0.6) is 0 Å². The zero-order chi connectivity index (χ0) is 15.9. The van der Waals surface area contributed by atoms with E-state index in [9.17, 15) is 14.7 Å². The van der Waals surface area contributed by atoms with E-state index in [-0.39, 0.29) is 16.9 Å². The highest BCUT2D eigenvalue weighted by molar-refractivity contribution is 6.08. The average molecular weight is 296 g/mol. The number of fused-ring (bicyclic) bond motifs is 1. The third kappa shape index (κ3) is 2.24. The van der Waals surface area contributed by atoms with Crippen molar-refractivity contribution in [2.24, 2.45) is 0 Å². The van der Waals surface area contributed by atoms with Crippen LogP contribution in [0.15, 0.2) is 42.6 Å². The van der Waals surface area contributed by atoms with Gasteiger partial charge in [0.05, 0.1) is 5.69 Å². The van der Waals surface area contributed by atoms with E-state index < -0.39 is 6.09 Å². The lowest BCUT2D eigenvalue weighted by atomic mass is 9.88. The fourth-order valence-corrected chi connectivity index (χ4v) is 2.79. The lowest BCUT2D eigenvalue weighted by Gasteiger charge is -2.18. The number of carbonyl (C=O) groups is 2. The van der Waals surface area contributed by atoms with Gasteiger partial charge in [-0.25, -0.2) is 4.79 Å². The second-order valence-electron chi connectivity index (χ2n) is 6.03. The van der Waals surface area contributed by atoms with E-state index in [0.29, 0.717) is 17.8 Å². The molecule has 3 rings (SSSR count). The minimum Gasteiger partial charge on any atom is -0.465 e. The highest BCUT2D eigenvalue weighted by Gasteiger charge is 2.39. The van der Waals surface area contributed by atoms with Gasteiger partial charge in [-0.1, -0.05) is 44.2 Å². The minimum absolute atomic E-state index is 0.210. The van der Waals surface area contributed by atoms with Crippen molar-refractivity contribution in [3.8, 4) is 0 Å². The minimum atomic E-state index is -1.02. The topological polar surface area (TPSA) is 70.5 Å². The normalized spacial score (nSPS) is 15.5. The summed E-state index contributed by atoms with van der Waals surface area (Å²) in [7, 11) is 0. The molecule has 1 aliphatic heterocycles. The van der Waals surface area contributed by atoms with Gasteiger partial charge in [0.25, 0.3) is 0 Å². The van der Waals surface area contributed by atoms with Crippen LogP contribution in [0.2, 0.25) is 0 Å². The maximum Gasteiger partial charge on any atom is 0.411 e. The van der Waals surface area contributed by atoms with E-state index in [2.05, 4.69) is 4.98 Å². The van der Waals surface area contributed by atoms with Crippen LogP contribution in [-0.2, 0) is 5.41 Å². The first-order valence-corrected chi connectivity index (χ1v) is 7.01. The van der Waals surface area contributed by atoms with E-state index in [1.54, 1.807) is 36.5 Å². The number of ketones is 1. The number of anilines is 1. The Hall–Kier alpha value is -2.69. The molecule has 22 heavy (non-hydrogen) atoms. The third-order valence-corrected chi connectivity index (χ3v) is 3.95. The fourth-order valence-electron chi connectivity index (χ4n) is 2.79. The van der Waals surface area contributed by atoms with Crippen LogP contribution in [-0.4, -0.2) is 28.5 Å². The van der Waals surface area contributed by atoms with Crippen LogP contribution in [0.3, 0.4) is 0 Å². The molecule has 0 aliphatic carbocycles. The van der Waals surface area contributed by atoms with Gasteiger partial charge in [-0.05, 0) is 6.07 Å². The Balaban J connectivity index is 2.06. The molecule has 0 radical (unpaired) electrons. The second-order valence-corrected chi connectivity index (χ2v) is 6.03. The van der Waals surface area contributed by atoms with Gasteiger partial charge in [0.15, 0.2) is 0 Å². The summed E-state index contributed by atoms with van der Waals surface area (Å²) in [4.78, 5) is 29.4. The average Bonchev–Trinajstić information content (AvgIpc) is 2.79. The molecule has 0 bridgehead atoms. The van der Waals surface area contributed by atoms with E-state index in [1.807, 2.05) is 19.9 Å². The quantitative estimate of drug-likeness (QED) is 0.864. The summed E-state index contributed by atoms with van der Waals surface area (Å²) in [5.41, 5.74) is 1.88. The molecule has 2 aromatic rings. The number of carboxylic acid groups (broad SMARTS) is 1. The van der Waals surface area contributed by atoms with E-state index in [4.69, 9.17) is 0 Å². The van der Waals surface area contributed by atoms with Crippen molar-refractivity contribution in [3.63, 3.8) is 0 Å². The van der Waals surface area contributed by atoms with Gasteiger partial charge in [-0.15, -0.1) is 0 Å². The van der Waals surface area contributed by atoms with Crippen molar-refractivity contribution in [3.05, 3.63) is 59.4 Å². The first-order chi connectivity index (χ1) is 10.4. The van der Waals surface area contributed by atoms with Crippen LogP contribution in [0.25, 0.3) is 0 Å². The molecule has 1 aromatic carbocycles. The molecule has 1 N–H and O–H groups in total. The second kappa shape index (κ2) is 4.94. The summed E-state index contributed by atoms with van der Waals surface area (Å²) < 4.78 is 0. The van der Waals surface area contributed by atoms with Crippen molar-refractivity contribution >= 4 is 17.6 Å². The summed E-state index contributed by atoms with van der Waals surface area (Å²) in [5, 5.41) is 9.36. The lowest BCUT2D eigenvalue weighted by Crippen LogP contribution is -2.32. The van der Waals surface area contributed by atoms with Crippen LogP contribution in [0.4, 0.5) is 10.5 Å². The summed E-state index contributed by atoms with van der Waals surface area (Å²) >= 11 is 0. The molecule has 5 heteroatoms. The number of hydrogen-bond donors (Lipinski definition) is 1. The molecule has 1 aliphatic rings. The molecule has 1 amide bonds. The summed E-state index contributed by atoms with van der Waals surface area (Å²) in [6, 6.07) is 10.4. The van der Waals surface area contributed by atoms with Gasteiger partial charge in [0.2, 0.25) is 5.78 Å². The highest BCUT2D eigenvalue weighted by atomic mass is 16.4. The Morgan fingerprint density at radius 3 is 2.55 bits per heavy atom. The molecular formula is C17H16N2O3. The largest absolute Gasteiger partial charge is 0.465 e. The zero-order valence-corrected chi connectivity index (χ0v) is 12.4. The third-order valence-electron chi connectivity index (χ3n) is 3.95.